The zero-order valence-corrected chi connectivity index (χ0v) is 11.2. The second-order valence-electron chi connectivity index (χ2n) is 4.65. The summed E-state index contributed by atoms with van der Waals surface area (Å²) < 4.78 is 1.86. The topological polar surface area (TPSA) is 34.9 Å². The summed E-state index contributed by atoms with van der Waals surface area (Å²) in [6, 6.07) is 18.4. The second-order valence-corrected chi connectivity index (χ2v) is 4.65. The number of rotatable bonds is 3. The summed E-state index contributed by atoms with van der Waals surface area (Å²) in [7, 11) is 1.89. The minimum absolute atomic E-state index is 0.472. The Hall–Kier alpha value is -2.68. The zero-order chi connectivity index (χ0) is 13.9. The van der Waals surface area contributed by atoms with E-state index in [2.05, 4.69) is 29.2 Å². The molecule has 1 aromatic heterocycles. The number of carbonyl (C=O) groups is 1. The molecule has 3 nitrogen and oxygen atoms in total. The third-order valence-corrected chi connectivity index (χ3v) is 3.34. The van der Waals surface area contributed by atoms with Crippen LogP contribution in [0.1, 0.15) is 10.5 Å². The van der Waals surface area contributed by atoms with Crippen LogP contribution >= 0.6 is 0 Å². The molecule has 0 spiro atoms. The molecule has 0 saturated heterocycles. The Bertz CT molecular complexity index is 727. The van der Waals surface area contributed by atoms with Crippen LogP contribution in [-0.2, 0) is 7.05 Å². The van der Waals surface area contributed by atoms with Crippen molar-refractivity contribution in [2.45, 2.75) is 0 Å². The highest BCUT2D eigenvalue weighted by Crippen LogP contribution is 2.25. The Kier molecular flexibility index (Phi) is 3.17. The molecule has 20 heavy (non-hydrogen) atoms. The molecule has 3 rings (SSSR count). The van der Waals surface area contributed by atoms with Gasteiger partial charge in [-0.2, -0.15) is 0 Å². The van der Waals surface area contributed by atoms with Crippen molar-refractivity contribution < 1.29 is 4.79 Å². The van der Waals surface area contributed by atoms with Crippen LogP contribution in [0.25, 0.3) is 22.4 Å². The summed E-state index contributed by atoms with van der Waals surface area (Å²) in [5.41, 5.74) is 4.65. The molecule has 0 fully saturated rings. The average Bonchev–Trinajstić information content (AvgIpc) is 2.89. The first-order valence-corrected chi connectivity index (χ1v) is 6.42. The van der Waals surface area contributed by atoms with Crippen LogP contribution in [-0.4, -0.2) is 15.8 Å². The first-order valence-electron chi connectivity index (χ1n) is 6.42. The maximum atomic E-state index is 11.0. The fraction of sp³-hybridized carbons (Fsp3) is 0.0588. The van der Waals surface area contributed by atoms with Crippen molar-refractivity contribution in [1.29, 1.82) is 0 Å². The predicted molar refractivity (Wildman–Crippen MR) is 79.5 cm³/mol. The summed E-state index contributed by atoms with van der Waals surface area (Å²) in [6.07, 6.45) is 2.45. The molecule has 1 heterocycles. The Morgan fingerprint density at radius 3 is 2.15 bits per heavy atom. The molecule has 0 amide bonds. The van der Waals surface area contributed by atoms with Crippen LogP contribution in [0.15, 0.2) is 60.9 Å². The number of aryl methyl sites for hydroxylation is 1. The third-order valence-electron chi connectivity index (χ3n) is 3.34. The van der Waals surface area contributed by atoms with Gasteiger partial charge >= 0.3 is 0 Å². The van der Waals surface area contributed by atoms with E-state index in [1.807, 2.05) is 41.9 Å². The van der Waals surface area contributed by atoms with E-state index in [-0.39, 0.29) is 0 Å². The molecule has 0 aliphatic rings. The van der Waals surface area contributed by atoms with Gasteiger partial charge in [-0.05, 0) is 11.1 Å². The maximum absolute atomic E-state index is 11.0. The van der Waals surface area contributed by atoms with Crippen LogP contribution in [0, 0.1) is 0 Å². The summed E-state index contributed by atoms with van der Waals surface area (Å²) in [4.78, 5) is 15.1. The van der Waals surface area contributed by atoms with Crippen molar-refractivity contribution in [3.05, 3.63) is 66.6 Å². The van der Waals surface area contributed by atoms with Gasteiger partial charge in [-0.1, -0.05) is 54.6 Å². The predicted octanol–water partition coefficient (Wildman–Crippen LogP) is 3.57. The normalized spacial score (nSPS) is 10.4. The second kappa shape index (κ2) is 5.13. The lowest BCUT2D eigenvalue weighted by atomic mass is 10.0. The summed E-state index contributed by atoms with van der Waals surface area (Å²) in [5, 5.41) is 0. The SMILES string of the molecule is Cn1cnc(C=O)c1-c1ccc(-c2ccccc2)cc1. The number of imidazole rings is 1. The van der Waals surface area contributed by atoms with Crippen LogP contribution in [0.2, 0.25) is 0 Å². The van der Waals surface area contributed by atoms with E-state index in [9.17, 15) is 4.79 Å². The van der Waals surface area contributed by atoms with Gasteiger partial charge in [0.1, 0.15) is 5.69 Å². The highest BCUT2D eigenvalue weighted by molar-refractivity contribution is 5.84. The van der Waals surface area contributed by atoms with Crippen LogP contribution in [0.5, 0.6) is 0 Å². The maximum Gasteiger partial charge on any atom is 0.170 e. The Morgan fingerprint density at radius 2 is 1.50 bits per heavy atom. The minimum Gasteiger partial charge on any atom is -0.333 e. The quantitative estimate of drug-likeness (QED) is 0.676. The third kappa shape index (κ3) is 2.14. The Labute approximate surface area is 117 Å². The molecular weight excluding hydrogens is 248 g/mol. The monoisotopic (exact) mass is 262 g/mol. The fourth-order valence-electron chi connectivity index (χ4n) is 2.34. The zero-order valence-electron chi connectivity index (χ0n) is 11.2. The van der Waals surface area contributed by atoms with Crippen LogP contribution in [0.3, 0.4) is 0 Å². The van der Waals surface area contributed by atoms with E-state index in [0.717, 1.165) is 23.1 Å². The van der Waals surface area contributed by atoms with Gasteiger partial charge in [0, 0.05) is 12.6 Å². The number of aldehydes is 1. The highest BCUT2D eigenvalue weighted by atomic mass is 16.1. The van der Waals surface area contributed by atoms with Gasteiger partial charge in [-0.25, -0.2) is 4.98 Å². The van der Waals surface area contributed by atoms with Gasteiger partial charge in [0.25, 0.3) is 0 Å². The highest BCUT2D eigenvalue weighted by Gasteiger charge is 2.10. The molecule has 0 aliphatic heterocycles. The van der Waals surface area contributed by atoms with Gasteiger partial charge in [0.2, 0.25) is 0 Å². The Morgan fingerprint density at radius 1 is 0.900 bits per heavy atom. The number of aromatic nitrogens is 2. The molecular formula is C17H14N2O. The lowest BCUT2D eigenvalue weighted by Gasteiger charge is -2.06. The van der Waals surface area contributed by atoms with Gasteiger partial charge < -0.3 is 4.57 Å². The van der Waals surface area contributed by atoms with Crippen molar-refractivity contribution in [3.8, 4) is 22.4 Å². The van der Waals surface area contributed by atoms with Gasteiger partial charge in [0.15, 0.2) is 6.29 Å². The van der Waals surface area contributed by atoms with E-state index < -0.39 is 0 Å². The number of benzene rings is 2. The van der Waals surface area contributed by atoms with E-state index in [0.29, 0.717) is 5.69 Å². The van der Waals surface area contributed by atoms with E-state index >= 15 is 0 Å². The van der Waals surface area contributed by atoms with Crippen molar-refractivity contribution in [2.75, 3.05) is 0 Å². The van der Waals surface area contributed by atoms with Gasteiger partial charge in [0.05, 0.1) is 12.0 Å². The summed E-state index contributed by atoms with van der Waals surface area (Å²) in [5.74, 6) is 0. The lowest BCUT2D eigenvalue weighted by molar-refractivity contribution is 0.112. The van der Waals surface area contributed by atoms with E-state index in [1.165, 1.54) is 5.56 Å². The largest absolute Gasteiger partial charge is 0.333 e. The Balaban J connectivity index is 2.02. The lowest BCUT2D eigenvalue weighted by Crippen LogP contribution is -1.93. The molecule has 98 valence electrons. The molecule has 0 bridgehead atoms. The molecule has 3 aromatic rings. The molecule has 0 unspecified atom stereocenters. The number of nitrogens with zero attached hydrogens (tertiary/aromatic N) is 2. The molecule has 0 N–H and O–H groups in total. The molecule has 0 atom stereocenters. The van der Waals surface area contributed by atoms with Crippen molar-refractivity contribution in [3.63, 3.8) is 0 Å². The first-order chi connectivity index (χ1) is 9.79. The molecule has 0 saturated carbocycles. The first kappa shape index (κ1) is 12.4. The number of hydrogen-bond acceptors (Lipinski definition) is 2. The molecule has 0 aliphatic carbocycles. The van der Waals surface area contributed by atoms with E-state index in [1.54, 1.807) is 6.33 Å². The minimum atomic E-state index is 0.472. The number of hydrogen-bond donors (Lipinski definition) is 0. The van der Waals surface area contributed by atoms with Crippen LogP contribution < -0.4 is 0 Å². The average molecular weight is 262 g/mol. The standard InChI is InChI=1S/C17H14N2O/c1-19-12-18-16(11-20)17(19)15-9-7-14(8-10-15)13-5-3-2-4-6-13/h2-12H,1H3. The fourth-order valence-corrected chi connectivity index (χ4v) is 2.34. The summed E-state index contributed by atoms with van der Waals surface area (Å²) >= 11 is 0. The van der Waals surface area contributed by atoms with Crippen molar-refractivity contribution in [2.24, 2.45) is 7.05 Å². The van der Waals surface area contributed by atoms with E-state index in [4.69, 9.17) is 0 Å². The van der Waals surface area contributed by atoms with Crippen molar-refractivity contribution >= 4 is 6.29 Å². The van der Waals surface area contributed by atoms with Gasteiger partial charge in [-0.15, -0.1) is 0 Å². The molecule has 0 radical (unpaired) electrons. The molecule has 2 aromatic carbocycles. The smallest absolute Gasteiger partial charge is 0.170 e. The van der Waals surface area contributed by atoms with Gasteiger partial charge in [-0.3, -0.25) is 4.79 Å². The molecule has 3 heteroatoms. The number of carbonyl (C=O) groups excluding carboxylic acids is 1. The van der Waals surface area contributed by atoms with Crippen LogP contribution in [0.4, 0.5) is 0 Å². The summed E-state index contributed by atoms with van der Waals surface area (Å²) in [6.45, 7) is 0. The van der Waals surface area contributed by atoms with Crippen molar-refractivity contribution in [1.82, 2.24) is 9.55 Å².